The second kappa shape index (κ2) is 7.36. The van der Waals surface area contributed by atoms with E-state index in [4.69, 9.17) is 4.52 Å². The smallest absolute Gasteiger partial charge is 0.261 e. The zero-order chi connectivity index (χ0) is 19.8. The van der Waals surface area contributed by atoms with Gasteiger partial charge in [-0.3, -0.25) is 0 Å². The van der Waals surface area contributed by atoms with Crippen molar-refractivity contribution in [1.29, 1.82) is 0 Å². The predicted molar refractivity (Wildman–Crippen MR) is 104 cm³/mol. The van der Waals surface area contributed by atoms with E-state index in [2.05, 4.69) is 24.6 Å². The number of hydrogen-bond donors (Lipinski definition) is 0. The van der Waals surface area contributed by atoms with Gasteiger partial charge in [0.25, 0.3) is 5.89 Å². The van der Waals surface area contributed by atoms with Gasteiger partial charge >= 0.3 is 0 Å². The molecule has 0 spiro atoms. The van der Waals surface area contributed by atoms with Gasteiger partial charge in [0.05, 0.1) is 22.9 Å². The number of fused-ring (bicyclic) bond motifs is 1. The lowest BCUT2D eigenvalue weighted by Crippen LogP contribution is -2.23. The third-order valence-electron chi connectivity index (χ3n) is 5.32. The number of nitrogens with zero attached hydrogens (tertiary/aromatic N) is 5. The number of hydrogen-bond acceptors (Lipinski definition) is 5. The molecule has 3 heterocycles. The van der Waals surface area contributed by atoms with Crippen LogP contribution in [0, 0.1) is 11.6 Å². The van der Waals surface area contributed by atoms with Gasteiger partial charge in [0.1, 0.15) is 11.6 Å². The third kappa shape index (κ3) is 3.51. The summed E-state index contributed by atoms with van der Waals surface area (Å²) in [5.41, 5.74) is 2.50. The minimum atomic E-state index is -0.617. The lowest BCUT2D eigenvalue weighted by atomic mass is 10.2. The van der Waals surface area contributed by atoms with Crippen LogP contribution >= 0.6 is 0 Å². The van der Waals surface area contributed by atoms with Crippen LogP contribution in [-0.2, 0) is 6.54 Å². The van der Waals surface area contributed by atoms with Gasteiger partial charge in [-0.1, -0.05) is 5.16 Å². The van der Waals surface area contributed by atoms with Gasteiger partial charge in [0.2, 0.25) is 5.82 Å². The second-order valence-corrected chi connectivity index (χ2v) is 7.24. The molecule has 1 saturated heterocycles. The van der Waals surface area contributed by atoms with Crippen LogP contribution in [-0.4, -0.2) is 44.2 Å². The fourth-order valence-corrected chi connectivity index (χ4v) is 3.75. The highest BCUT2D eigenvalue weighted by atomic mass is 19.1. The van der Waals surface area contributed by atoms with Crippen LogP contribution in [0.5, 0.6) is 0 Å². The normalized spacial score (nSPS) is 14.8. The molecule has 2 aromatic carbocycles. The summed E-state index contributed by atoms with van der Waals surface area (Å²) in [5, 5.41) is 3.92. The average Bonchev–Trinajstić information content (AvgIpc) is 3.48. The molecule has 8 heteroatoms. The maximum atomic E-state index is 14.0. The van der Waals surface area contributed by atoms with Crippen molar-refractivity contribution in [3.63, 3.8) is 0 Å². The van der Waals surface area contributed by atoms with Crippen molar-refractivity contribution in [2.24, 2.45) is 0 Å². The van der Waals surface area contributed by atoms with E-state index in [0.717, 1.165) is 42.3 Å². The summed E-state index contributed by atoms with van der Waals surface area (Å²) in [6.07, 6.45) is 4.40. The molecule has 0 saturated carbocycles. The Labute approximate surface area is 165 Å². The van der Waals surface area contributed by atoms with E-state index in [9.17, 15) is 8.78 Å². The molecule has 0 N–H and O–H groups in total. The van der Waals surface area contributed by atoms with Crippen LogP contribution in [0.1, 0.15) is 12.8 Å². The molecule has 0 unspecified atom stereocenters. The summed E-state index contributed by atoms with van der Waals surface area (Å²) in [6, 6.07) is 8.85. The SMILES string of the molecule is Fc1ccc(F)c(-c2nc(-c3ccc4c(c3)ncn4CCN3CCCC3)no2)c1. The van der Waals surface area contributed by atoms with E-state index < -0.39 is 11.6 Å². The summed E-state index contributed by atoms with van der Waals surface area (Å²) in [4.78, 5) is 11.2. The molecule has 1 aliphatic rings. The van der Waals surface area contributed by atoms with Crippen molar-refractivity contribution in [2.75, 3.05) is 19.6 Å². The largest absolute Gasteiger partial charge is 0.334 e. The Morgan fingerprint density at radius 1 is 1.00 bits per heavy atom. The molecule has 0 bridgehead atoms. The van der Waals surface area contributed by atoms with Gasteiger partial charge in [-0.05, 0) is 62.3 Å². The lowest BCUT2D eigenvalue weighted by Gasteiger charge is -2.14. The Kier molecular flexibility index (Phi) is 4.55. The van der Waals surface area contributed by atoms with Crippen LogP contribution < -0.4 is 0 Å². The van der Waals surface area contributed by atoms with Crippen molar-refractivity contribution in [1.82, 2.24) is 24.6 Å². The summed E-state index contributed by atoms with van der Waals surface area (Å²) >= 11 is 0. The van der Waals surface area contributed by atoms with Crippen molar-refractivity contribution in [3.8, 4) is 22.8 Å². The van der Waals surface area contributed by atoms with E-state index >= 15 is 0 Å². The van der Waals surface area contributed by atoms with Crippen molar-refractivity contribution in [3.05, 3.63) is 54.4 Å². The number of halogens is 2. The summed E-state index contributed by atoms with van der Waals surface area (Å²) in [5.74, 6) is -0.943. The zero-order valence-corrected chi connectivity index (χ0v) is 15.7. The molecule has 0 radical (unpaired) electrons. The minimum absolute atomic E-state index is 0.0592. The second-order valence-electron chi connectivity index (χ2n) is 7.24. The molecular weight excluding hydrogens is 376 g/mol. The topological polar surface area (TPSA) is 60.0 Å². The van der Waals surface area contributed by atoms with Crippen LogP contribution in [0.4, 0.5) is 8.78 Å². The Morgan fingerprint density at radius 3 is 2.72 bits per heavy atom. The van der Waals surface area contributed by atoms with E-state index in [-0.39, 0.29) is 11.5 Å². The first-order chi connectivity index (χ1) is 14.2. The van der Waals surface area contributed by atoms with Crippen molar-refractivity contribution >= 4 is 11.0 Å². The number of likely N-dealkylation sites (tertiary alicyclic amines) is 1. The van der Waals surface area contributed by atoms with Gasteiger partial charge < -0.3 is 14.0 Å². The van der Waals surface area contributed by atoms with Gasteiger partial charge in [0.15, 0.2) is 0 Å². The van der Waals surface area contributed by atoms with E-state index in [0.29, 0.717) is 11.4 Å². The summed E-state index contributed by atoms with van der Waals surface area (Å²) in [7, 11) is 0. The van der Waals surface area contributed by atoms with Gasteiger partial charge in [-0.15, -0.1) is 0 Å². The highest BCUT2D eigenvalue weighted by molar-refractivity contribution is 5.80. The molecule has 29 heavy (non-hydrogen) atoms. The summed E-state index contributed by atoms with van der Waals surface area (Å²) < 4.78 is 34.7. The maximum Gasteiger partial charge on any atom is 0.261 e. The van der Waals surface area contributed by atoms with Crippen LogP contribution in [0.2, 0.25) is 0 Å². The number of rotatable bonds is 5. The van der Waals surface area contributed by atoms with E-state index in [1.165, 1.54) is 25.9 Å². The molecule has 148 valence electrons. The molecule has 0 atom stereocenters. The highest BCUT2D eigenvalue weighted by Gasteiger charge is 2.16. The first kappa shape index (κ1) is 17.9. The minimum Gasteiger partial charge on any atom is -0.334 e. The van der Waals surface area contributed by atoms with Crippen LogP contribution in [0.3, 0.4) is 0 Å². The van der Waals surface area contributed by atoms with Crippen LogP contribution in [0.15, 0.2) is 47.2 Å². The monoisotopic (exact) mass is 395 g/mol. The van der Waals surface area contributed by atoms with Crippen molar-refractivity contribution < 1.29 is 13.3 Å². The molecule has 1 aliphatic heterocycles. The third-order valence-corrected chi connectivity index (χ3v) is 5.32. The molecular formula is C21H19F2N5O. The van der Waals surface area contributed by atoms with Crippen LogP contribution in [0.25, 0.3) is 33.9 Å². The number of imidazole rings is 1. The average molecular weight is 395 g/mol. The Bertz CT molecular complexity index is 1160. The van der Waals surface area contributed by atoms with Gasteiger partial charge in [-0.2, -0.15) is 4.98 Å². The van der Waals surface area contributed by atoms with Gasteiger partial charge in [0, 0.05) is 18.7 Å². The molecule has 1 fully saturated rings. The molecule has 2 aromatic heterocycles. The zero-order valence-electron chi connectivity index (χ0n) is 15.7. The van der Waals surface area contributed by atoms with Gasteiger partial charge in [-0.25, -0.2) is 13.8 Å². The van der Waals surface area contributed by atoms with E-state index in [1.54, 1.807) is 0 Å². The number of aromatic nitrogens is 4. The predicted octanol–water partition coefficient (Wildman–Crippen LogP) is 4.13. The Hall–Kier alpha value is -3.13. The lowest BCUT2D eigenvalue weighted by molar-refractivity contribution is 0.324. The molecule has 0 aliphatic carbocycles. The fourth-order valence-electron chi connectivity index (χ4n) is 3.75. The first-order valence-electron chi connectivity index (χ1n) is 9.64. The molecule has 6 nitrogen and oxygen atoms in total. The maximum absolute atomic E-state index is 14.0. The number of benzene rings is 2. The fraction of sp³-hybridized carbons (Fsp3) is 0.286. The molecule has 0 amide bonds. The standard InChI is InChI=1S/C21H19F2N5O/c22-15-4-5-17(23)16(12-15)21-25-20(26-29-21)14-3-6-19-18(11-14)24-13-28(19)10-9-27-7-1-2-8-27/h3-6,11-13H,1-2,7-10H2. The highest BCUT2D eigenvalue weighted by Crippen LogP contribution is 2.27. The Morgan fingerprint density at radius 2 is 1.86 bits per heavy atom. The van der Waals surface area contributed by atoms with Crippen molar-refractivity contribution in [2.45, 2.75) is 19.4 Å². The quantitative estimate of drug-likeness (QED) is 0.509. The summed E-state index contributed by atoms with van der Waals surface area (Å²) in [6.45, 7) is 4.24. The molecule has 4 aromatic rings. The first-order valence-corrected chi connectivity index (χ1v) is 9.64. The van der Waals surface area contributed by atoms with E-state index in [1.807, 2.05) is 24.5 Å². The Balaban J connectivity index is 1.40. The molecule has 5 rings (SSSR count).